The number of hydrogen-bond acceptors (Lipinski definition) is 4. The first kappa shape index (κ1) is 12.9. The van der Waals surface area contributed by atoms with Gasteiger partial charge in [-0.15, -0.1) is 11.3 Å². The SMILES string of the molecule is COCCOCC(O)Cc1ccc(Cl)s1. The quantitative estimate of drug-likeness (QED) is 0.752. The topological polar surface area (TPSA) is 38.7 Å². The lowest BCUT2D eigenvalue weighted by Crippen LogP contribution is -2.19. The summed E-state index contributed by atoms with van der Waals surface area (Å²) in [6.07, 6.45) is 0.112. The molecule has 5 heteroatoms. The fraction of sp³-hybridized carbons (Fsp3) is 0.600. The van der Waals surface area contributed by atoms with Crippen molar-refractivity contribution in [2.75, 3.05) is 26.9 Å². The van der Waals surface area contributed by atoms with E-state index in [9.17, 15) is 5.11 Å². The van der Waals surface area contributed by atoms with Crippen LogP contribution in [-0.2, 0) is 15.9 Å². The second-order valence-electron chi connectivity index (χ2n) is 3.13. The summed E-state index contributed by atoms with van der Waals surface area (Å²) in [5.41, 5.74) is 0. The number of thiophene rings is 1. The van der Waals surface area contributed by atoms with E-state index in [2.05, 4.69) is 0 Å². The van der Waals surface area contributed by atoms with Crippen LogP contribution in [0, 0.1) is 0 Å². The van der Waals surface area contributed by atoms with Gasteiger partial charge in [-0.1, -0.05) is 11.6 Å². The van der Waals surface area contributed by atoms with Crippen LogP contribution in [0.25, 0.3) is 0 Å². The molecular formula is C10H15ClO3S. The maximum Gasteiger partial charge on any atom is 0.0931 e. The molecule has 3 nitrogen and oxygen atoms in total. The molecule has 0 radical (unpaired) electrons. The Kier molecular flexibility index (Phi) is 6.20. The smallest absolute Gasteiger partial charge is 0.0931 e. The molecule has 1 atom stereocenters. The zero-order chi connectivity index (χ0) is 11.1. The Hall–Kier alpha value is -0.130. The summed E-state index contributed by atoms with van der Waals surface area (Å²) in [5, 5.41) is 9.61. The fourth-order valence-corrected chi connectivity index (χ4v) is 2.27. The second kappa shape index (κ2) is 7.19. The molecule has 0 aliphatic carbocycles. The number of rotatable bonds is 7. The van der Waals surface area contributed by atoms with E-state index in [1.54, 1.807) is 7.11 Å². The minimum Gasteiger partial charge on any atom is -0.390 e. The Morgan fingerprint density at radius 2 is 2.27 bits per heavy atom. The van der Waals surface area contributed by atoms with Crippen LogP contribution in [0.15, 0.2) is 12.1 Å². The summed E-state index contributed by atoms with van der Waals surface area (Å²) in [6, 6.07) is 3.76. The first-order chi connectivity index (χ1) is 7.22. The molecule has 0 bridgehead atoms. The van der Waals surface area contributed by atoms with Gasteiger partial charge in [-0.25, -0.2) is 0 Å². The lowest BCUT2D eigenvalue weighted by molar-refractivity contribution is 0.0140. The molecule has 0 saturated heterocycles. The predicted octanol–water partition coefficient (Wildman–Crippen LogP) is 1.97. The summed E-state index contributed by atoms with van der Waals surface area (Å²) in [4.78, 5) is 1.07. The van der Waals surface area contributed by atoms with E-state index in [0.29, 0.717) is 26.2 Å². The maximum atomic E-state index is 9.61. The molecule has 0 amide bonds. The van der Waals surface area contributed by atoms with E-state index < -0.39 is 6.10 Å². The Labute approximate surface area is 98.6 Å². The Bertz CT molecular complexity index is 277. The van der Waals surface area contributed by atoms with Crippen LogP contribution in [0.1, 0.15) is 4.88 Å². The largest absolute Gasteiger partial charge is 0.390 e. The van der Waals surface area contributed by atoms with Crippen LogP contribution < -0.4 is 0 Å². The Balaban J connectivity index is 2.15. The second-order valence-corrected chi connectivity index (χ2v) is 4.93. The molecule has 0 saturated carbocycles. The molecule has 1 rings (SSSR count). The van der Waals surface area contributed by atoms with Crippen LogP contribution in [0.5, 0.6) is 0 Å². The van der Waals surface area contributed by atoms with Crippen molar-refractivity contribution in [3.8, 4) is 0 Å². The molecular weight excluding hydrogens is 236 g/mol. The summed E-state index contributed by atoms with van der Waals surface area (Å²) < 4.78 is 10.8. The minimum atomic E-state index is -0.475. The molecule has 1 N–H and O–H groups in total. The zero-order valence-electron chi connectivity index (χ0n) is 8.61. The van der Waals surface area contributed by atoms with E-state index >= 15 is 0 Å². The number of aliphatic hydroxyl groups is 1. The standard InChI is InChI=1S/C10H15ClO3S/c1-13-4-5-14-7-8(12)6-9-2-3-10(11)15-9/h2-3,8,12H,4-7H2,1H3. The monoisotopic (exact) mass is 250 g/mol. The van der Waals surface area contributed by atoms with Gasteiger partial charge in [-0.3, -0.25) is 0 Å². The number of ether oxygens (including phenoxy) is 2. The predicted molar refractivity (Wildman–Crippen MR) is 61.7 cm³/mol. The van der Waals surface area contributed by atoms with Gasteiger partial charge in [0.2, 0.25) is 0 Å². The summed E-state index contributed by atoms with van der Waals surface area (Å²) in [5.74, 6) is 0. The van der Waals surface area contributed by atoms with Gasteiger partial charge in [-0.05, 0) is 12.1 Å². The maximum absolute atomic E-state index is 9.61. The third kappa shape index (κ3) is 5.49. The van der Waals surface area contributed by atoms with Crippen molar-refractivity contribution in [2.45, 2.75) is 12.5 Å². The molecule has 0 spiro atoms. The molecule has 1 aromatic rings. The lowest BCUT2D eigenvalue weighted by Gasteiger charge is -2.09. The van der Waals surface area contributed by atoms with Crippen molar-refractivity contribution in [1.82, 2.24) is 0 Å². The Morgan fingerprint density at radius 1 is 1.47 bits per heavy atom. The first-order valence-corrected chi connectivity index (χ1v) is 5.90. The van der Waals surface area contributed by atoms with E-state index in [0.717, 1.165) is 9.21 Å². The highest BCUT2D eigenvalue weighted by molar-refractivity contribution is 7.16. The molecule has 0 aromatic carbocycles. The summed E-state index contributed by atoms with van der Waals surface area (Å²) in [6.45, 7) is 1.40. The molecule has 1 aromatic heterocycles. The zero-order valence-corrected chi connectivity index (χ0v) is 10.2. The van der Waals surface area contributed by atoms with Crippen molar-refractivity contribution < 1.29 is 14.6 Å². The third-order valence-corrected chi connectivity index (χ3v) is 3.06. The van der Waals surface area contributed by atoms with Gasteiger partial charge in [0.05, 0.1) is 30.3 Å². The van der Waals surface area contributed by atoms with Crippen LogP contribution in [0.2, 0.25) is 4.34 Å². The van der Waals surface area contributed by atoms with Crippen molar-refractivity contribution >= 4 is 22.9 Å². The average Bonchev–Trinajstić information content (AvgIpc) is 2.59. The van der Waals surface area contributed by atoms with E-state index in [4.69, 9.17) is 21.1 Å². The number of aliphatic hydroxyl groups excluding tert-OH is 1. The van der Waals surface area contributed by atoms with Gasteiger partial charge in [0.25, 0.3) is 0 Å². The number of hydrogen-bond donors (Lipinski definition) is 1. The number of methoxy groups -OCH3 is 1. The summed E-state index contributed by atoms with van der Waals surface area (Å²) in [7, 11) is 1.62. The molecule has 0 aliphatic rings. The highest BCUT2D eigenvalue weighted by atomic mass is 35.5. The van der Waals surface area contributed by atoms with Crippen molar-refractivity contribution in [3.05, 3.63) is 21.3 Å². The molecule has 0 fully saturated rings. The van der Waals surface area contributed by atoms with Gasteiger partial charge in [0.1, 0.15) is 0 Å². The van der Waals surface area contributed by atoms with Gasteiger partial charge in [0.15, 0.2) is 0 Å². The first-order valence-electron chi connectivity index (χ1n) is 4.71. The van der Waals surface area contributed by atoms with Gasteiger partial charge >= 0.3 is 0 Å². The van der Waals surface area contributed by atoms with Gasteiger partial charge in [-0.2, -0.15) is 0 Å². The van der Waals surface area contributed by atoms with Gasteiger partial charge in [0, 0.05) is 18.4 Å². The summed E-state index contributed by atoms with van der Waals surface area (Å²) >= 11 is 7.26. The molecule has 1 unspecified atom stereocenters. The van der Waals surface area contributed by atoms with E-state index in [-0.39, 0.29) is 0 Å². The lowest BCUT2D eigenvalue weighted by atomic mass is 10.2. The average molecular weight is 251 g/mol. The van der Waals surface area contributed by atoms with Gasteiger partial charge < -0.3 is 14.6 Å². The van der Waals surface area contributed by atoms with Crippen LogP contribution in [0.3, 0.4) is 0 Å². The molecule has 15 heavy (non-hydrogen) atoms. The van der Waals surface area contributed by atoms with E-state index in [1.807, 2.05) is 12.1 Å². The Morgan fingerprint density at radius 3 is 2.87 bits per heavy atom. The fourth-order valence-electron chi connectivity index (χ4n) is 1.11. The van der Waals surface area contributed by atoms with Crippen molar-refractivity contribution in [2.24, 2.45) is 0 Å². The van der Waals surface area contributed by atoms with Crippen LogP contribution >= 0.6 is 22.9 Å². The minimum absolute atomic E-state index is 0.332. The van der Waals surface area contributed by atoms with Crippen LogP contribution in [0.4, 0.5) is 0 Å². The normalized spacial score (nSPS) is 13.0. The van der Waals surface area contributed by atoms with Crippen LogP contribution in [-0.4, -0.2) is 38.1 Å². The number of halogens is 1. The highest BCUT2D eigenvalue weighted by Crippen LogP contribution is 2.22. The molecule has 0 aliphatic heterocycles. The highest BCUT2D eigenvalue weighted by Gasteiger charge is 2.07. The third-order valence-electron chi connectivity index (χ3n) is 1.81. The van der Waals surface area contributed by atoms with Crippen molar-refractivity contribution in [3.63, 3.8) is 0 Å². The van der Waals surface area contributed by atoms with E-state index in [1.165, 1.54) is 11.3 Å². The molecule has 86 valence electrons. The molecule has 1 heterocycles. The van der Waals surface area contributed by atoms with Crippen molar-refractivity contribution in [1.29, 1.82) is 0 Å².